The van der Waals surface area contributed by atoms with Crippen molar-refractivity contribution < 1.29 is 14.6 Å². The van der Waals surface area contributed by atoms with Crippen molar-refractivity contribution in [2.45, 2.75) is 0 Å². The van der Waals surface area contributed by atoms with Crippen molar-refractivity contribution in [2.75, 3.05) is 7.11 Å². The number of phenolic OH excluding ortho intramolecular Hbond substituents is 1. The Morgan fingerprint density at radius 2 is 2.00 bits per heavy atom. The van der Waals surface area contributed by atoms with Gasteiger partial charge >= 0.3 is 5.97 Å². The first-order valence-corrected chi connectivity index (χ1v) is 5.01. The van der Waals surface area contributed by atoms with Crippen molar-refractivity contribution >= 4 is 28.3 Å². The summed E-state index contributed by atoms with van der Waals surface area (Å²) in [5, 5.41) is 11.4. The highest BCUT2D eigenvalue weighted by Gasteiger charge is 2.09. The maximum atomic E-state index is 11.3. The number of hydrogen-bond donors (Lipinski definition) is 1. The first kappa shape index (κ1) is 10.8. The van der Waals surface area contributed by atoms with Crippen LogP contribution in [0, 0.1) is 0 Å². The molecular weight excluding hydrogens is 228 g/mol. The molecule has 0 unspecified atom stereocenters. The van der Waals surface area contributed by atoms with E-state index < -0.39 is 5.97 Å². The Hall–Kier alpha value is -1.74. The van der Waals surface area contributed by atoms with E-state index in [0.29, 0.717) is 10.9 Å². The average Bonchev–Trinajstić information content (AvgIpc) is 2.32. The van der Waals surface area contributed by atoms with Crippen LogP contribution in [0.25, 0.3) is 10.8 Å². The number of phenols is 1. The van der Waals surface area contributed by atoms with Crippen LogP contribution in [0.2, 0.25) is 5.02 Å². The zero-order valence-corrected chi connectivity index (χ0v) is 9.28. The maximum Gasteiger partial charge on any atom is 0.337 e. The minimum atomic E-state index is -0.443. The quantitative estimate of drug-likeness (QED) is 0.775. The van der Waals surface area contributed by atoms with Gasteiger partial charge in [-0.15, -0.1) is 0 Å². The first-order valence-electron chi connectivity index (χ1n) is 4.63. The van der Waals surface area contributed by atoms with Crippen LogP contribution in [-0.4, -0.2) is 18.2 Å². The summed E-state index contributed by atoms with van der Waals surface area (Å²) >= 11 is 5.79. The number of rotatable bonds is 1. The molecule has 0 heterocycles. The second-order valence-corrected chi connectivity index (χ2v) is 3.73. The molecule has 0 aliphatic heterocycles. The van der Waals surface area contributed by atoms with E-state index >= 15 is 0 Å². The van der Waals surface area contributed by atoms with Gasteiger partial charge in [-0.05, 0) is 23.6 Å². The molecular formula is C12H9ClO3. The normalized spacial score (nSPS) is 10.4. The van der Waals surface area contributed by atoms with Crippen molar-refractivity contribution in [1.29, 1.82) is 0 Å². The van der Waals surface area contributed by atoms with Crippen LogP contribution in [0.3, 0.4) is 0 Å². The fourth-order valence-corrected chi connectivity index (χ4v) is 1.69. The standard InChI is InChI=1S/C12H9ClO3/c1-16-12(15)8-3-2-7-4-5-10(13)11(14)9(7)6-8/h2-6,14H,1H3. The molecule has 1 N–H and O–H groups in total. The molecule has 3 nitrogen and oxygen atoms in total. The number of hydrogen-bond acceptors (Lipinski definition) is 3. The Morgan fingerprint density at radius 1 is 1.31 bits per heavy atom. The number of carbonyl (C=O) groups excluding carboxylic acids is 1. The molecule has 16 heavy (non-hydrogen) atoms. The van der Waals surface area contributed by atoms with Gasteiger partial charge in [-0.25, -0.2) is 4.79 Å². The van der Waals surface area contributed by atoms with Gasteiger partial charge in [0.25, 0.3) is 0 Å². The number of carbonyl (C=O) groups is 1. The third-order valence-corrected chi connectivity index (χ3v) is 2.67. The van der Waals surface area contributed by atoms with Gasteiger partial charge in [-0.2, -0.15) is 0 Å². The van der Waals surface area contributed by atoms with Gasteiger partial charge in [0.1, 0.15) is 5.75 Å². The maximum absolute atomic E-state index is 11.3. The minimum absolute atomic E-state index is 0.0232. The summed E-state index contributed by atoms with van der Waals surface area (Å²) in [4.78, 5) is 11.3. The summed E-state index contributed by atoms with van der Waals surface area (Å²) in [6.07, 6.45) is 0. The van der Waals surface area contributed by atoms with Crippen LogP contribution in [0.1, 0.15) is 10.4 Å². The van der Waals surface area contributed by atoms with E-state index in [-0.39, 0.29) is 10.8 Å². The van der Waals surface area contributed by atoms with Gasteiger partial charge in [0.05, 0.1) is 17.7 Å². The van der Waals surface area contributed by atoms with Crippen LogP contribution in [0.5, 0.6) is 5.75 Å². The second kappa shape index (κ2) is 4.02. The number of methoxy groups -OCH3 is 1. The fourth-order valence-electron chi connectivity index (χ4n) is 1.52. The van der Waals surface area contributed by atoms with Gasteiger partial charge in [-0.1, -0.05) is 23.7 Å². The number of fused-ring (bicyclic) bond motifs is 1. The van der Waals surface area contributed by atoms with Crippen LogP contribution in [-0.2, 0) is 4.74 Å². The highest BCUT2D eigenvalue weighted by Crippen LogP contribution is 2.32. The van der Waals surface area contributed by atoms with E-state index in [0.717, 1.165) is 5.39 Å². The SMILES string of the molecule is COC(=O)c1ccc2ccc(Cl)c(O)c2c1. The van der Waals surface area contributed by atoms with Crippen molar-refractivity contribution in [3.8, 4) is 5.75 Å². The summed E-state index contributed by atoms with van der Waals surface area (Å²) in [6.45, 7) is 0. The number of aromatic hydroxyl groups is 1. The molecule has 0 aromatic heterocycles. The van der Waals surface area contributed by atoms with Crippen LogP contribution in [0.15, 0.2) is 30.3 Å². The molecule has 0 bridgehead atoms. The van der Waals surface area contributed by atoms with Gasteiger partial charge < -0.3 is 9.84 Å². The Bertz CT molecular complexity index is 563. The monoisotopic (exact) mass is 236 g/mol. The third kappa shape index (κ3) is 1.70. The topological polar surface area (TPSA) is 46.5 Å². The van der Waals surface area contributed by atoms with Crippen molar-refractivity contribution in [1.82, 2.24) is 0 Å². The molecule has 0 fully saturated rings. The summed E-state index contributed by atoms with van der Waals surface area (Å²) in [5.74, 6) is -0.466. The number of benzene rings is 2. The van der Waals surface area contributed by atoms with Crippen LogP contribution < -0.4 is 0 Å². The highest BCUT2D eigenvalue weighted by atomic mass is 35.5. The van der Waals surface area contributed by atoms with E-state index in [9.17, 15) is 9.90 Å². The van der Waals surface area contributed by atoms with Gasteiger partial charge in [0.2, 0.25) is 0 Å². The Balaban J connectivity index is 2.69. The lowest BCUT2D eigenvalue weighted by atomic mass is 10.1. The summed E-state index contributed by atoms with van der Waals surface area (Å²) in [6, 6.07) is 8.32. The van der Waals surface area contributed by atoms with Gasteiger partial charge in [-0.3, -0.25) is 0 Å². The molecule has 0 atom stereocenters. The molecule has 0 spiro atoms. The fraction of sp³-hybridized carbons (Fsp3) is 0.0833. The van der Waals surface area contributed by atoms with E-state index in [4.69, 9.17) is 11.6 Å². The van der Waals surface area contributed by atoms with Crippen molar-refractivity contribution in [2.24, 2.45) is 0 Å². The molecule has 0 saturated carbocycles. The summed E-state index contributed by atoms with van der Waals surface area (Å²) in [7, 11) is 1.31. The Morgan fingerprint density at radius 3 is 2.69 bits per heavy atom. The summed E-state index contributed by atoms with van der Waals surface area (Å²) in [5.41, 5.74) is 0.382. The van der Waals surface area contributed by atoms with E-state index in [1.165, 1.54) is 7.11 Å². The summed E-state index contributed by atoms with van der Waals surface area (Å²) < 4.78 is 4.60. The van der Waals surface area contributed by atoms with Crippen molar-refractivity contribution in [3.63, 3.8) is 0 Å². The minimum Gasteiger partial charge on any atom is -0.506 e. The highest BCUT2D eigenvalue weighted by molar-refractivity contribution is 6.33. The number of esters is 1. The van der Waals surface area contributed by atoms with Crippen LogP contribution in [0.4, 0.5) is 0 Å². The molecule has 2 aromatic carbocycles. The Labute approximate surface area is 97.2 Å². The second-order valence-electron chi connectivity index (χ2n) is 3.32. The van der Waals surface area contributed by atoms with E-state index in [1.54, 1.807) is 30.3 Å². The van der Waals surface area contributed by atoms with Crippen LogP contribution >= 0.6 is 11.6 Å². The molecule has 0 aliphatic carbocycles. The zero-order valence-electron chi connectivity index (χ0n) is 8.53. The van der Waals surface area contributed by atoms with Crippen molar-refractivity contribution in [3.05, 3.63) is 40.9 Å². The molecule has 2 rings (SSSR count). The lowest BCUT2D eigenvalue weighted by Gasteiger charge is -2.05. The number of ether oxygens (including phenoxy) is 1. The largest absolute Gasteiger partial charge is 0.506 e. The van der Waals surface area contributed by atoms with Gasteiger partial charge in [0, 0.05) is 5.39 Å². The molecule has 4 heteroatoms. The molecule has 0 saturated heterocycles. The molecule has 2 aromatic rings. The zero-order chi connectivity index (χ0) is 11.7. The molecule has 0 aliphatic rings. The van der Waals surface area contributed by atoms with E-state index in [1.807, 2.05) is 0 Å². The molecule has 0 radical (unpaired) electrons. The number of halogens is 1. The smallest absolute Gasteiger partial charge is 0.337 e. The first-order chi connectivity index (χ1) is 7.63. The predicted molar refractivity (Wildman–Crippen MR) is 62.0 cm³/mol. The average molecular weight is 237 g/mol. The lowest BCUT2D eigenvalue weighted by molar-refractivity contribution is 0.0601. The Kier molecular flexibility index (Phi) is 2.71. The third-order valence-electron chi connectivity index (χ3n) is 2.36. The van der Waals surface area contributed by atoms with E-state index in [2.05, 4.69) is 4.74 Å². The van der Waals surface area contributed by atoms with Gasteiger partial charge in [0.15, 0.2) is 0 Å². The predicted octanol–water partition coefficient (Wildman–Crippen LogP) is 2.99. The molecule has 82 valence electrons. The molecule has 0 amide bonds. The lowest BCUT2D eigenvalue weighted by Crippen LogP contribution is -2.00.